The minimum atomic E-state index is 0.239. The van der Waals surface area contributed by atoms with Crippen molar-refractivity contribution in [2.75, 3.05) is 0 Å². The first-order valence-corrected chi connectivity index (χ1v) is 6.14. The van der Waals surface area contributed by atoms with E-state index in [2.05, 4.69) is 26.0 Å². The number of carbonyl (C=O) groups excluding carboxylic acids is 1. The summed E-state index contributed by atoms with van der Waals surface area (Å²) in [6, 6.07) is 6.15. The van der Waals surface area contributed by atoms with Crippen LogP contribution in [0, 0.1) is 13.8 Å². The zero-order valence-corrected chi connectivity index (χ0v) is 11.2. The molecule has 3 heteroatoms. The van der Waals surface area contributed by atoms with Crippen LogP contribution >= 0.6 is 0 Å². The summed E-state index contributed by atoms with van der Waals surface area (Å²) in [4.78, 5) is 12.1. The maximum Gasteiger partial charge on any atom is 0.243 e. The second-order valence-electron chi connectivity index (χ2n) is 4.84. The summed E-state index contributed by atoms with van der Waals surface area (Å²) in [5, 5.41) is 0. The molecule has 0 atom stereocenters. The summed E-state index contributed by atoms with van der Waals surface area (Å²) >= 11 is 0. The molecule has 2 aromatic rings. The lowest BCUT2D eigenvalue weighted by atomic mass is 9.98. The van der Waals surface area contributed by atoms with E-state index in [4.69, 9.17) is 0 Å². The highest BCUT2D eigenvalue weighted by Gasteiger charge is 2.11. The molecule has 0 aliphatic rings. The molecular weight excluding hydrogens is 224 g/mol. The predicted molar refractivity (Wildman–Crippen MR) is 70.2 cm³/mol. The second kappa shape index (κ2) is 5.17. The van der Waals surface area contributed by atoms with Gasteiger partial charge in [0, 0.05) is 6.42 Å². The Hall–Kier alpha value is -1.90. The quantitative estimate of drug-likeness (QED) is 0.751. The number of Topliss-reactive ketones (excluding diaryl/α,β-unsaturated/α-hetero) is 1. The average molecular weight is 243 g/mol. The van der Waals surface area contributed by atoms with Crippen LogP contribution in [0.15, 0.2) is 36.9 Å². The lowest BCUT2D eigenvalue weighted by Gasteiger charge is -2.07. The van der Waals surface area contributed by atoms with Crippen molar-refractivity contribution in [2.24, 2.45) is 7.05 Å². The van der Waals surface area contributed by atoms with Gasteiger partial charge >= 0.3 is 0 Å². The van der Waals surface area contributed by atoms with Crippen molar-refractivity contribution in [2.45, 2.75) is 26.8 Å². The molecule has 0 N–H and O–H groups in total. The van der Waals surface area contributed by atoms with Crippen LogP contribution in [0.2, 0.25) is 0 Å². The van der Waals surface area contributed by atoms with E-state index in [-0.39, 0.29) is 5.78 Å². The maximum absolute atomic E-state index is 12.1. The van der Waals surface area contributed by atoms with E-state index in [9.17, 15) is 4.79 Å². The van der Waals surface area contributed by atoms with Gasteiger partial charge in [-0.3, -0.25) is 4.79 Å². The first-order chi connectivity index (χ1) is 8.56. The van der Waals surface area contributed by atoms with E-state index in [1.807, 2.05) is 41.0 Å². The van der Waals surface area contributed by atoms with Gasteiger partial charge in [-0.2, -0.15) is 0 Å². The molecule has 0 spiro atoms. The molecule has 18 heavy (non-hydrogen) atoms. The lowest BCUT2D eigenvalue weighted by Crippen LogP contribution is -2.24. The fraction of sp³-hybridized carbons (Fsp3) is 0.333. The fourth-order valence-corrected chi connectivity index (χ4v) is 2.18. The number of benzene rings is 1. The molecule has 0 bridgehead atoms. The molecule has 0 aliphatic carbocycles. The van der Waals surface area contributed by atoms with Gasteiger partial charge in [0.2, 0.25) is 6.33 Å². The van der Waals surface area contributed by atoms with Crippen LogP contribution in [0.3, 0.4) is 0 Å². The van der Waals surface area contributed by atoms with Gasteiger partial charge in [0.05, 0.1) is 7.05 Å². The SMILES string of the molecule is Cc1cccc(C)c1CC(=O)Cn1cc[n+](C)c1. The van der Waals surface area contributed by atoms with E-state index in [0.29, 0.717) is 13.0 Å². The summed E-state index contributed by atoms with van der Waals surface area (Å²) < 4.78 is 3.85. The Kier molecular flexibility index (Phi) is 3.60. The fourth-order valence-electron chi connectivity index (χ4n) is 2.18. The molecule has 0 unspecified atom stereocenters. The summed E-state index contributed by atoms with van der Waals surface area (Å²) in [6.45, 7) is 4.56. The zero-order chi connectivity index (χ0) is 13.1. The highest BCUT2D eigenvalue weighted by atomic mass is 16.1. The van der Waals surface area contributed by atoms with Crippen molar-refractivity contribution in [1.29, 1.82) is 0 Å². The van der Waals surface area contributed by atoms with Crippen LogP contribution in [0.25, 0.3) is 0 Å². The molecule has 1 aromatic carbocycles. The van der Waals surface area contributed by atoms with E-state index in [1.54, 1.807) is 0 Å². The first kappa shape index (κ1) is 12.6. The Balaban J connectivity index is 2.08. The third-order valence-corrected chi connectivity index (χ3v) is 3.20. The van der Waals surface area contributed by atoms with Gasteiger partial charge in [-0.15, -0.1) is 0 Å². The second-order valence-corrected chi connectivity index (χ2v) is 4.84. The third kappa shape index (κ3) is 2.86. The van der Waals surface area contributed by atoms with Gasteiger partial charge in [0.1, 0.15) is 18.9 Å². The van der Waals surface area contributed by atoms with Crippen LogP contribution in [-0.2, 0) is 24.8 Å². The number of ketones is 1. The molecular formula is C15H19N2O+. The van der Waals surface area contributed by atoms with Gasteiger partial charge in [-0.25, -0.2) is 9.13 Å². The number of nitrogens with zero attached hydrogens (tertiary/aromatic N) is 2. The largest absolute Gasteiger partial charge is 0.295 e. The molecule has 0 saturated carbocycles. The van der Waals surface area contributed by atoms with Gasteiger partial charge < -0.3 is 0 Å². The van der Waals surface area contributed by atoms with Crippen LogP contribution in [0.5, 0.6) is 0 Å². The van der Waals surface area contributed by atoms with Crippen molar-refractivity contribution in [3.8, 4) is 0 Å². The Morgan fingerprint density at radius 3 is 2.50 bits per heavy atom. The van der Waals surface area contributed by atoms with Gasteiger partial charge in [0.25, 0.3) is 0 Å². The Morgan fingerprint density at radius 2 is 1.94 bits per heavy atom. The van der Waals surface area contributed by atoms with Crippen LogP contribution in [0.1, 0.15) is 16.7 Å². The van der Waals surface area contributed by atoms with E-state index < -0.39 is 0 Å². The Bertz CT molecular complexity index is 549. The number of rotatable bonds is 4. The molecule has 3 nitrogen and oxygen atoms in total. The molecule has 0 radical (unpaired) electrons. The molecule has 1 aromatic heterocycles. The number of aryl methyl sites for hydroxylation is 3. The van der Waals surface area contributed by atoms with Gasteiger partial charge in [0.15, 0.2) is 5.78 Å². The van der Waals surface area contributed by atoms with Gasteiger partial charge in [-0.1, -0.05) is 18.2 Å². The summed E-state index contributed by atoms with van der Waals surface area (Å²) in [7, 11) is 1.95. The van der Waals surface area contributed by atoms with Crippen LogP contribution in [0.4, 0.5) is 0 Å². The maximum atomic E-state index is 12.1. The Morgan fingerprint density at radius 1 is 1.28 bits per heavy atom. The summed E-state index contributed by atoms with van der Waals surface area (Å²) in [5.74, 6) is 0.239. The molecule has 0 fully saturated rings. The van der Waals surface area contributed by atoms with Crippen LogP contribution in [-0.4, -0.2) is 10.4 Å². The Labute approximate surface area is 108 Å². The van der Waals surface area contributed by atoms with E-state index in [0.717, 1.165) is 0 Å². The normalized spacial score (nSPS) is 10.6. The number of carbonyl (C=O) groups is 1. The number of hydrogen-bond acceptors (Lipinski definition) is 1. The molecule has 1 heterocycles. The van der Waals surface area contributed by atoms with E-state index in [1.165, 1.54) is 16.7 Å². The van der Waals surface area contributed by atoms with Crippen LogP contribution < -0.4 is 4.57 Å². The average Bonchev–Trinajstić information content (AvgIpc) is 2.69. The van der Waals surface area contributed by atoms with Crippen molar-refractivity contribution in [3.63, 3.8) is 0 Å². The molecule has 0 amide bonds. The third-order valence-electron chi connectivity index (χ3n) is 3.20. The topological polar surface area (TPSA) is 25.9 Å². The highest BCUT2D eigenvalue weighted by molar-refractivity contribution is 5.81. The standard InChI is InChI=1S/C15H19N2O/c1-12-5-4-6-13(2)15(12)9-14(18)10-17-8-7-16(3)11-17/h4-8,11H,9-10H2,1-3H3/q+1. The summed E-state index contributed by atoms with van der Waals surface area (Å²) in [6.07, 6.45) is 6.29. The number of hydrogen-bond donors (Lipinski definition) is 0. The first-order valence-electron chi connectivity index (χ1n) is 6.14. The minimum absolute atomic E-state index is 0.239. The monoisotopic (exact) mass is 243 g/mol. The molecule has 94 valence electrons. The predicted octanol–water partition coefficient (Wildman–Crippen LogP) is 1.74. The molecule has 0 aliphatic heterocycles. The zero-order valence-electron chi connectivity index (χ0n) is 11.2. The smallest absolute Gasteiger partial charge is 0.243 e. The number of aromatic nitrogens is 2. The highest BCUT2D eigenvalue weighted by Crippen LogP contribution is 2.14. The van der Waals surface area contributed by atoms with Crippen molar-refractivity contribution in [1.82, 2.24) is 4.57 Å². The van der Waals surface area contributed by atoms with Crippen molar-refractivity contribution >= 4 is 5.78 Å². The van der Waals surface area contributed by atoms with E-state index >= 15 is 0 Å². The lowest BCUT2D eigenvalue weighted by molar-refractivity contribution is -0.671. The summed E-state index contributed by atoms with van der Waals surface area (Å²) in [5.41, 5.74) is 3.56. The minimum Gasteiger partial charge on any atom is -0.295 e. The van der Waals surface area contributed by atoms with Crippen molar-refractivity contribution in [3.05, 3.63) is 53.6 Å². The molecule has 0 saturated heterocycles. The number of imidazole rings is 1. The molecule has 2 rings (SSSR count). The van der Waals surface area contributed by atoms with Gasteiger partial charge in [-0.05, 0) is 30.5 Å². The van der Waals surface area contributed by atoms with Crippen molar-refractivity contribution < 1.29 is 9.36 Å².